The first-order valence-electron chi connectivity index (χ1n) is 8.80. The van der Waals surface area contributed by atoms with Crippen LogP contribution in [0.25, 0.3) is 0 Å². The van der Waals surface area contributed by atoms with Crippen LogP contribution in [0.2, 0.25) is 0 Å². The number of nitrogens with one attached hydrogen (secondary N) is 1. The summed E-state index contributed by atoms with van der Waals surface area (Å²) in [5.74, 6) is 0. The fourth-order valence-electron chi connectivity index (χ4n) is 3.89. The first kappa shape index (κ1) is 15.4. The van der Waals surface area contributed by atoms with Gasteiger partial charge in [0.1, 0.15) is 0 Å². The van der Waals surface area contributed by atoms with E-state index in [1.165, 1.54) is 72.6 Å². The summed E-state index contributed by atoms with van der Waals surface area (Å²) in [4.78, 5) is 6.43. The number of likely N-dealkylation sites (tertiary alicyclic amines) is 1. The maximum atomic E-state index is 4.52. The zero-order valence-electron chi connectivity index (χ0n) is 14.0. The number of aromatic amines is 1. The summed E-state index contributed by atoms with van der Waals surface area (Å²) in [5, 5.41) is 10.1. The minimum atomic E-state index is 0.950. The molecule has 1 aliphatic carbocycles. The summed E-state index contributed by atoms with van der Waals surface area (Å²) in [6.45, 7) is 5.65. The Morgan fingerprint density at radius 2 is 2.09 bits per heavy atom. The van der Waals surface area contributed by atoms with Gasteiger partial charge >= 0.3 is 0 Å². The van der Waals surface area contributed by atoms with Crippen LogP contribution in [0.1, 0.15) is 46.7 Å². The van der Waals surface area contributed by atoms with Crippen LogP contribution < -0.4 is 0 Å². The van der Waals surface area contributed by atoms with Crippen LogP contribution in [0.5, 0.6) is 0 Å². The van der Waals surface area contributed by atoms with Gasteiger partial charge < -0.3 is 0 Å². The quantitative estimate of drug-likeness (QED) is 0.883. The largest absolute Gasteiger partial charge is 0.299 e. The Morgan fingerprint density at radius 1 is 1.22 bits per heavy atom. The van der Waals surface area contributed by atoms with Crippen molar-refractivity contribution in [3.05, 3.63) is 38.8 Å². The zero-order chi connectivity index (χ0) is 15.6. The molecule has 0 unspecified atom stereocenters. The first-order valence-corrected chi connectivity index (χ1v) is 9.68. The van der Waals surface area contributed by atoms with E-state index in [9.17, 15) is 0 Å². The number of hydrogen-bond acceptors (Lipinski definition) is 4. The molecule has 2 aromatic rings. The van der Waals surface area contributed by atoms with E-state index < -0.39 is 0 Å². The Balaban J connectivity index is 1.33. The Hall–Kier alpha value is -1.17. The molecule has 0 atom stereocenters. The van der Waals surface area contributed by atoms with Crippen LogP contribution in [0, 0.1) is 0 Å². The lowest BCUT2D eigenvalue weighted by molar-refractivity contribution is 0.316. The molecule has 0 spiro atoms. The van der Waals surface area contributed by atoms with Crippen molar-refractivity contribution in [1.29, 1.82) is 0 Å². The molecule has 23 heavy (non-hydrogen) atoms. The van der Waals surface area contributed by atoms with Crippen molar-refractivity contribution < 1.29 is 0 Å². The van der Waals surface area contributed by atoms with Gasteiger partial charge in [0.05, 0.1) is 5.69 Å². The molecule has 5 heteroatoms. The second-order valence-corrected chi connectivity index (χ2v) is 8.05. The molecule has 3 heterocycles. The monoisotopic (exact) mass is 330 g/mol. The van der Waals surface area contributed by atoms with E-state index in [1.54, 1.807) is 0 Å². The number of aromatic nitrogens is 2. The van der Waals surface area contributed by atoms with E-state index in [1.807, 2.05) is 11.3 Å². The van der Waals surface area contributed by atoms with Gasteiger partial charge in [0.2, 0.25) is 0 Å². The molecule has 0 aromatic carbocycles. The number of hydrogen-bond donors (Lipinski definition) is 1. The molecule has 1 fully saturated rings. The maximum Gasteiger partial charge on any atom is 0.0797 e. The third-order valence-corrected chi connectivity index (χ3v) is 6.02. The fraction of sp³-hybridized carbons (Fsp3) is 0.611. The van der Waals surface area contributed by atoms with Crippen LogP contribution in [-0.2, 0) is 32.5 Å². The number of aryl methyl sites for hydroxylation is 1. The van der Waals surface area contributed by atoms with Crippen molar-refractivity contribution in [2.45, 2.75) is 51.7 Å². The van der Waals surface area contributed by atoms with Gasteiger partial charge in [-0.3, -0.25) is 14.9 Å². The molecule has 0 amide bonds. The van der Waals surface area contributed by atoms with Gasteiger partial charge in [-0.25, -0.2) is 0 Å². The van der Waals surface area contributed by atoms with Crippen LogP contribution in [0.3, 0.4) is 0 Å². The highest BCUT2D eigenvalue weighted by Crippen LogP contribution is 2.25. The average molecular weight is 331 g/mol. The summed E-state index contributed by atoms with van der Waals surface area (Å²) >= 11 is 1.90. The number of rotatable bonds is 6. The van der Waals surface area contributed by atoms with Crippen LogP contribution in [-0.4, -0.2) is 40.1 Å². The number of thiophene rings is 1. The standard InChI is InChI=1S/C18H26N4S/c1-21(12-18-16-5-4-6-17(16)19-20-18)11-15-9-14(13-23-15)10-22-7-2-3-8-22/h9,13H,2-8,10-12H2,1H3,(H,19,20). The molecule has 4 nitrogen and oxygen atoms in total. The zero-order valence-corrected chi connectivity index (χ0v) is 14.8. The smallest absolute Gasteiger partial charge is 0.0797 e. The van der Waals surface area contributed by atoms with E-state index in [-0.39, 0.29) is 0 Å². The lowest BCUT2D eigenvalue weighted by Crippen LogP contribution is -2.18. The van der Waals surface area contributed by atoms with Gasteiger partial charge in [0, 0.05) is 30.2 Å². The lowest BCUT2D eigenvalue weighted by atomic mass is 10.2. The Morgan fingerprint density at radius 3 is 2.96 bits per heavy atom. The van der Waals surface area contributed by atoms with Crippen molar-refractivity contribution in [1.82, 2.24) is 20.0 Å². The van der Waals surface area contributed by atoms with Crippen molar-refractivity contribution in [3.63, 3.8) is 0 Å². The van der Waals surface area contributed by atoms with Crippen LogP contribution >= 0.6 is 11.3 Å². The van der Waals surface area contributed by atoms with E-state index in [0.717, 1.165) is 19.6 Å². The fourth-order valence-corrected chi connectivity index (χ4v) is 4.85. The normalized spacial score (nSPS) is 18.2. The van der Waals surface area contributed by atoms with E-state index in [2.05, 4.69) is 38.5 Å². The van der Waals surface area contributed by atoms with Crippen molar-refractivity contribution in [2.24, 2.45) is 0 Å². The highest BCUT2D eigenvalue weighted by atomic mass is 32.1. The van der Waals surface area contributed by atoms with E-state index >= 15 is 0 Å². The maximum absolute atomic E-state index is 4.52. The molecule has 2 aliphatic rings. The second-order valence-electron chi connectivity index (χ2n) is 7.06. The topological polar surface area (TPSA) is 35.2 Å². The third-order valence-electron chi connectivity index (χ3n) is 5.05. The average Bonchev–Trinajstić information content (AvgIpc) is 3.27. The molecule has 0 radical (unpaired) electrons. The molecular formula is C18H26N4S. The van der Waals surface area contributed by atoms with Crippen molar-refractivity contribution >= 4 is 11.3 Å². The predicted molar refractivity (Wildman–Crippen MR) is 94.6 cm³/mol. The molecule has 124 valence electrons. The van der Waals surface area contributed by atoms with Gasteiger partial charge in [0.15, 0.2) is 0 Å². The van der Waals surface area contributed by atoms with Crippen LogP contribution in [0.4, 0.5) is 0 Å². The highest BCUT2D eigenvalue weighted by molar-refractivity contribution is 7.10. The van der Waals surface area contributed by atoms with Gasteiger partial charge in [-0.05, 0) is 74.8 Å². The molecule has 1 saturated heterocycles. The molecule has 4 rings (SSSR count). The second kappa shape index (κ2) is 6.75. The molecular weight excluding hydrogens is 304 g/mol. The summed E-state index contributed by atoms with van der Waals surface area (Å²) in [6.07, 6.45) is 6.40. The summed E-state index contributed by atoms with van der Waals surface area (Å²) in [5.41, 5.74) is 5.60. The lowest BCUT2D eigenvalue weighted by Gasteiger charge is -2.15. The predicted octanol–water partition coefficient (Wildman–Crippen LogP) is 3.19. The number of H-pyrrole nitrogens is 1. The highest BCUT2D eigenvalue weighted by Gasteiger charge is 2.19. The summed E-state index contributed by atoms with van der Waals surface area (Å²) in [6, 6.07) is 2.40. The molecule has 0 bridgehead atoms. The molecule has 1 N–H and O–H groups in total. The van der Waals surface area contributed by atoms with Crippen molar-refractivity contribution in [3.8, 4) is 0 Å². The minimum Gasteiger partial charge on any atom is -0.299 e. The summed E-state index contributed by atoms with van der Waals surface area (Å²) < 4.78 is 0. The van der Waals surface area contributed by atoms with Gasteiger partial charge in [-0.1, -0.05) is 0 Å². The van der Waals surface area contributed by atoms with Gasteiger partial charge in [-0.2, -0.15) is 5.10 Å². The Kier molecular flexibility index (Phi) is 4.51. The van der Waals surface area contributed by atoms with Gasteiger partial charge in [-0.15, -0.1) is 11.3 Å². The SMILES string of the molecule is CN(Cc1cc(CN2CCCC2)cs1)Cc1n[nH]c2c1CCC2. The van der Waals surface area contributed by atoms with Crippen LogP contribution in [0.15, 0.2) is 11.4 Å². The number of nitrogens with zero attached hydrogens (tertiary/aromatic N) is 3. The van der Waals surface area contributed by atoms with E-state index in [0.29, 0.717) is 0 Å². The molecule has 1 aliphatic heterocycles. The molecule has 2 aromatic heterocycles. The first-order chi connectivity index (χ1) is 11.3. The number of fused-ring (bicyclic) bond motifs is 1. The minimum absolute atomic E-state index is 0.950. The third kappa shape index (κ3) is 3.52. The summed E-state index contributed by atoms with van der Waals surface area (Å²) in [7, 11) is 2.20. The molecule has 0 saturated carbocycles. The Labute approximate surface area is 142 Å². The van der Waals surface area contributed by atoms with Gasteiger partial charge in [0.25, 0.3) is 0 Å². The van der Waals surface area contributed by atoms with Crippen molar-refractivity contribution in [2.75, 3.05) is 20.1 Å². The van der Waals surface area contributed by atoms with E-state index in [4.69, 9.17) is 0 Å². The Bertz CT molecular complexity index is 654.